The van der Waals surface area contributed by atoms with Crippen molar-refractivity contribution in [2.45, 2.75) is 46.6 Å². The maximum atomic E-state index is 12.7. The number of carbonyl (C=O) groups is 2. The molecular weight excluding hydrogens is 322 g/mol. The third-order valence-electron chi connectivity index (χ3n) is 4.85. The van der Waals surface area contributed by atoms with Crippen molar-refractivity contribution in [3.8, 4) is 0 Å². The maximum Gasteiger partial charge on any atom is 0.410 e. The van der Waals surface area contributed by atoms with E-state index in [9.17, 15) is 9.59 Å². The average molecular weight is 349 g/mol. The zero-order valence-corrected chi connectivity index (χ0v) is 15.7. The third kappa shape index (κ3) is 3.80. The second-order valence-corrected chi connectivity index (χ2v) is 8.08. The molecule has 25 heavy (non-hydrogen) atoms. The van der Waals surface area contributed by atoms with Crippen molar-refractivity contribution in [2.24, 2.45) is 11.8 Å². The van der Waals surface area contributed by atoms with Crippen LogP contribution in [0.15, 0.2) is 4.42 Å². The number of hydrogen-bond donors (Lipinski definition) is 0. The molecule has 0 N–H and O–H groups in total. The SMILES string of the molecule is Cc1nc(C(=O)N2C[C@H]3CN(C(=O)OC(C)(C)C)CC[C@H]3C2)c(C)o1. The second-order valence-electron chi connectivity index (χ2n) is 8.08. The molecule has 1 aromatic heterocycles. The van der Waals surface area contributed by atoms with E-state index in [4.69, 9.17) is 9.15 Å². The Balaban J connectivity index is 1.63. The number of rotatable bonds is 1. The van der Waals surface area contributed by atoms with Gasteiger partial charge in [0.05, 0.1) is 0 Å². The predicted octanol–water partition coefficient (Wildman–Crippen LogP) is 2.62. The third-order valence-corrected chi connectivity index (χ3v) is 4.85. The van der Waals surface area contributed by atoms with Crippen molar-refractivity contribution in [3.05, 3.63) is 17.3 Å². The van der Waals surface area contributed by atoms with Gasteiger partial charge in [0, 0.05) is 33.1 Å². The van der Waals surface area contributed by atoms with E-state index >= 15 is 0 Å². The first-order chi connectivity index (χ1) is 11.6. The first kappa shape index (κ1) is 17.8. The molecule has 7 nitrogen and oxygen atoms in total. The molecule has 2 aliphatic heterocycles. The monoisotopic (exact) mass is 349 g/mol. The van der Waals surface area contributed by atoms with Crippen LogP contribution >= 0.6 is 0 Å². The van der Waals surface area contributed by atoms with Gasteiger partial charge in [0.2, 0.25) is 0 Å². The molecule has 2 aliphatic rings. The Morgan fingerprint density at radius 1 is 1.12 bits per heavy atom. The van der Waals surface area contributed by atoms with Crippen molar-refractivity contribution in [1.29, 1.82) is 0 Å². The first-order valence-electron chi connectivity index (χ1n) is 8.85. The fraction of sp³-hybridized carbons (Fsp3) is 0.722. The fourth-order valence-electron chi connectivity index (χ4n) is 3.70. The highest BCUT2D eigenvalue weighted by molar-refractivity contribution is 5.93. The molecule has 3 rings (SSSR count). The quantitative estimate of drug-likeness (QED) is 0.779. The minimum atomic E-state index is -0.492. The van der Waals surface area contributed by atoms with Gasteiger partial charge in [0.25, 0.3) is 5.91 Å². The van der Waals surface area contributed by atoms with Crippen LogP contribution in [0.1, 0.15) is 49.3 Å². The van der Waals surface area contributed by atoms with Gasteiger partial charge >= 0.3 is 6.09 Å². The zero-order valence-electron chi connectivity index (χ0n) is 15.7. The lowest BCUT2D eigenvalue weighted by Crippen LogP contribution is -2.45. The molecular formula is C18H27N3O4. The van der Waals surface area contributed by atoms with Gasteiger partial charge in [-0.3, -0.25) is 4.79 Å². The zero-order chi connectivity index (χ0) is 18.4. The molecule has 0 spiro atoms. The molecule has 2 saturated heterocycles. The number of hydrogen-bond acceptors (Lipinski definition) is 5. The summed E-state index contributed by atoms with van der Waals surface area (Å²) in [5, 5.41) is 0. The average Bonchev–Trinajstić information content (AvgIpc) is 3.06. The summed E-state index contributed by atoms with van der Waals surface area (Å²) in [5.41, 5.74) is -0.0892. The van der Waals surface area contributed by atoms with Gasteiger partial charge in [-0.2, -0.15) is 0 Å². The van der Waals surface area contributed by atoms with E-state index in [0.29, 0.717) is 48.8 Å². The van der Waals surface area contributed by atoms with Crippen molar-refractivity contribution in [3.63, 3.8) is 0 Å². The Kier molecular flexibility index (Phi) is 4.51. The lowest BCUT2D eigenvalue weighted by Gasteiger charge is -2.35. The van der Waals surface area contributed by atoms with Crippen LogP contribution in [0.25, 0.3) is 0 Å². The van der Waals surface area contributed by atoms with Crippen molar-refractivity contribution < 1.29 is 18.7 Å². The van der Waals surface area contributed by atoms with E-state index in [1.807, 2.05) is 25.7 Å². The van der Waals surface area contributed by atoms with Gasteiger partial charge in [-0.05, 0) is 46.0 Å². The van der Waals surface area contributed by atoms with E-state index in [1.165, 1.54) is 0 Å². The topological polar surface area (TPSA) is 75.9 Å². The molecule has 138 valence electrons. The van der Waals surface area contributed by atoms with E-state index in [1.54, 1.807) is 18.7 Å². The summed E-state index contributed by atoms with van der Waals surface area (Å²) in [5.74, 6) is 1.71. The largest absolute Gasteiger partial charge is 0.445 e. The Bertz CT molecular complexity index is 676. The van der Waals surface area contributed by atoms with Gasteiger partial charge in [-0.1, -0.05) is 0 Å². The highest BCUT2D eigenvalue weighted by atomic mass is 16.6. The summed E-state index contributed by atoms with van der Waals surface area (Å²) in [6.45, 7) is 11.8. The minimum Gasteiger partial charge on any atom is -0.445 e. The van der Waals surface area contributed by atoms with Crippen LogP contribution in [0.2, 0.25) is 0 Å². The number of nitrogens with zero attached hydrogens (tertiary/aromatic N) is 3. The molecule has 0 bridgehead atoms. The highest BCUT2D eigenvalue weighted by Gasteiger charge is 2.41. The van der Waals surface area contributed by atoms with Crippen LogP contribution < -0.4 is 0 Å². The van der Waals surface area contributed by atoms with E-state index < -0.39 is 5.60 Å². The summed E-state index contributed by atoms with van der Waals surface area (Å²) >= 11 is 0. The number of aromatic nitrogens is 1. The Morgan fingerprint density at radius 3 is 2.36 bits per heavy atom. The highest BCUT2D eigenvalue weighted by Crippen LogP contribution is 2.32. The van der Waals surface area contributed by atoms with Crippen molar-refractivity contribution >= 4 is 12.0 Å². The summed E-state index contributed by atoms with van der Waals surface area (Å²) in [6.07, 6.45) is 0.628. The van der Waals surface area contributed by atoms with E-state index in [-0.39, 0.29) is 12.0 Å². The number of ether oxygens (including phenoxy) is 1. The molecule has 7 heteroatoms. The molecule has 0 unspecified atom stereocenters. The van der Waals surface area contributed by atoms with Crippen LogP contribution in [0, 0.1) is 25.7 Å². The van der Waals surface area contributed by atoms with E-state index in [2.05, 4.69) is 4.98 Å². The van der Waals surface area contributed by atoms with Gasteiger partial charge in [0.1, 0.15) is 11.4 Å². The minimum absolute atomic E-state index is 0.0763. The summed E-state index contributed by atoms with van der Waals surface area (Å²) < 4.78 is 10.9. The number of carbonyl (C=O) groups excluding carboxylic acids is 2. The molecule has 3 heterocycles. The van der Waals surface area contributed by atoms with Gasteiger partial charge in [-0.25, -0.2) is 9.78 Å². The Labute approximate surface area is 148 Å². The lowest BCUT2D eigenvalue weighted by atomic mass is 9.89. The number of piperidine rings is 1. The molecule has 1 aromatic rings. The van der Waals surface area contributed by atoms with Crippen LogP contribution in [-0.2, 0) is 4.74 Å². The van der Waals surface area contributed by atoms with Crippen LogP contribution in [0.5, 0.6) is 0 Å². The van der Waals surface area contributed by atoms with Crippen molar-refractivity contribution in [1.82, 2.24) is 14.8 Å². The number of fused-ring (bicyclic) bond motifs is 1. The molecule has 0 aliphatic carbocycles. The second kappa shape index (κ2) is 6.35. The normalized spacial score (nSPS) is 23.6. The lowest BCUT2D eigenvalue weighted by molar-refractivity contribution is 0.0139. The summed E-state index contributed by atoms with van der Waals surface area (Å²) in [4.78, 5) is 32.8. The molecule has 0 aromatic carbocycles. The maximum absolute atomic E-state index is 12.7. The van der Waals surface area contributed by atoms with Crippen LogP contribution in [-0.4, -0.2) is 58.6 Å². The van der Waals surface area contributed by atoms with Gasteiger partial charge < -0.3 is 19.0 Å². The Morgan fingerprint density at radius 2 is 1.76 bits per heavy atom. The standard InChI is InChI=1S/C18H27N3O4/c1-11-15(19-12(2)24-11)16(22)21-8-13-6-7-20(9-14(13)10-21)17(23)25-18(3,4)5/h13-14H,6-10H2,1-5H3/t13-,14+/m0/s1. The van der Waals surface area contributed by atoms with Gasteiger partial charge in [0.15, 0.2) is 11.6 Å². The van der Waals surface area contributed by atoms with Crippen LogP contribution in [0.4, 0.5) is 4.79 Å². The van der Waals surface area contributed by atoms with Crippen LogP contribution in [0.3, 0.4) is 0 Å². The van der Waals surface area contributed by atoms with E-state index in [0.717, 1.165) is 13.0 Å². The number of aryl methyl sites for hydroxylation is 2. The fourth-order valence-corrected chi connectivity index (χ4v) is 3.70. The number of likely N-dealkylation sites (tertiary alicyclic amines) is 2. The number of amides is 2. The predicted molar refractivity (Wildman–Crippen MR) is 91.3 cm³/mol. The number of oxazole rings is 1. The molecule has 0 radical (unpaired) electrons. The molecule has 2 fully saturated rings. The molecule has 2 atom stereocenters. The summed E-state index contributed by atoms with van der Waals surface area (Å²) in [6, 6.07) is 0. The van der Waals surface area contributed by atoms with Crippen molar-refractivity contribution in [2.75, 3.05) is 26.2 Å². The Hall–Kier alpha value is -2.05. The first-order valence-corrected chi connectivity index (χ1v) is 8.85. The van der Waals surface area contributed by atoms with Gasteiger partial charge in [-0.15, -0.1) is 0 Å². The summed E-state index contributed by atoms with van der Waals surface area (Å²) in [7, 11) is 0. The molecule has 0 saturated carbocycles. The molecule has 2 amide bonds. The smallest absolute Gasteiger partial charge is 0.410 e.